The topological polar surface area (TPSA) is 32.8 Å². The van der Waals surface area contributed by atoms with E-state index in [-0.39, 0.29) is 32.5 Å². The van der Waals surface area contributed by atoms with E-state index in [0.29, 0.717) is 0 Å². The summed E-state index contributed by atoms with van der Waals surface area (Å²) in [5.74, 6) is 0. The van der Waals surface area contributed by atoms with Crippen LogP contribution in [0.15, 0.2) is 167 Å². The maximum atomic E-state index is 6.87. The number of anilines is 6. The number of hydrogen-bond acceptors (Lipinski definition) is 4. The molecule has 0 radical (unpaired) electrons. The number of furan rings is 2. The Labute approximate surface area is 451 Å². The Morgan fingerprint density at radius 3 is 1.45 bits per heavy atom. The van der Waals surface area contributed by atoms with Crippen molar-refractivity contribution in [1.29, 1.82) is 0 Å². The lowest BCUT2D eigenvalue weighted by Gasteiger charge is -2.42. The second-order valence-electron chi connectivity index (χ2n) is 27.2. The Morgan fingerprint density at radius 1 is 0.342 bits per heavy atom. The first-order valence-corrected chi connectivity index (χ1v) is 27.9. The van der Waals surface area contributed by atoms with Crippen molar-refractivity contribution in [2.75, 3.05) is 9.80 Å². The summed E-state index contributed by atoms with van der Waals surface area (Å²) in [5, 5.41) is 4.52. The number of rotatable bonds is 7. The first kappa shape index (κ1) is 49.8. The average molecular weight is 1000 g/mol. The lowest BCUT2D eigenvalue weighted by Crippen LogP contribution is -2.34. The molecule has 4 nitrogen and oxygen atoms in total. The zero-order chi connectivity index (χ0) is 53.5. The lowest BCUT2D eigenvalue weighted by molar-refractivity contribution is 0.332. The van der Waals surface area contributed by atoms with Crippen molar-refractivity contribution in [3.05, 3.63) is 191 Å². The summed E-state index contributed by atoms with van der Waals surface area (Å²) in [6.45, 7) is 33.3. The lowest BCUT2D eigenvalue weighted by atomic mass is 9.63. The van der Waals surface area contributed by atoms with Crippen LogP contribution in [0.2, 0.25) is 0 Å². The molecule has 0 saturated carbocycles. The number of hydrogen-bond donors (Lipinski definition) is 0. The molecule has 2 aromatic heterocycles. The highest BCUT2D eigenvalue weighted by atomic mass is 16.3. The molecule has 0 saturated heterocycles. The van der Waals surface area contributed by atoms with Crippen LogP contribution >= 0.6 is 0 Å². The van der Waals surface area contributed by atoms with E-state index in [2.05, 4.69) is 264 Å². The normalized spacial score (nSPS) is 16.8. The molecule has 0 aliphatic heterocycles. The molecule has 10 aromatic rings. The highest BCUT2D eigenvalue weighted by Gasteiger charge is 2.39. The predicted molar refractivity (Wildman–Crippen MR) is 324 cm³/mol. The van der Waals surface area contributed by atoms with Crippen molar-refractivity contribution in [3.8, 4) is 11.1 Å². The van der Waals surface area contributed by atoms with Gasteiger partial charge in [-0.1, -0.05) is 158 Å². The van der Waals surface area contributed by atoms with Gasteiger partial charge in [0.05, 0.1) is 5.69 Å². The van der Waals surface area contributed by atoms with E-state index in [0.717, 1.165) is 98.3 Å². The molecule has 4 heteroatoms. The van der Waals surface area contributed by atoms with Crippen molar-refractivity contribution in [3.63, 3.8) is 0 Å². The molecule has 0 bridgehead atoms. The summed E-state index contributed by atoms with van der Waals surface area (Å²) in [5.41, 5.74) is 20.7. The van der Waals surface area contributed by atoms with E-state index < -0.39 is 0 Å². The molecule has 2 aliphatic rings. The quantitative estimate of drug-likeness (QED) is 0.159. The van der Waals surface area contributed by atoms with Gasteiger partial charge in [0.15, 0.2) is 0 Å². The number of benzene rings is 8. The van der Waals surface area contributed by atoms with Crippen LogP contribution in [0, 0.1) is 0 Å². The van der Waals surface area contributed by atoms with Gasteiger partial charge in [0, 0.05) is 55.5 Å². The Kier molecular flexibility index (Phi) is 11.3. The van der Waals surface area contributed by atoms with Gasteiger partial charge < -0.3 is 18.6 Å². The summed E-state index contributed by atoms with van der Waals surface area (Å²) in [6, 6.07) is 59.6. The number of para-hydroxylation sites is 1. The second-order valence-corrected chi connectivity index (χ2v) is 27.2. The molecule has 0 N–H and O–H groups in total. The second kappa shape index (κ2) is 17.2. The minimum absolute atomic E-state index is 0.0146. The largest absolute Gasteiger partial charge is 0.456 e. The highest BCUT2D eigenvalue weighted by Crippen LogP contribution is 2.53. The van der Waals surface area contributed by atoms with Crippen LogP contribution in [0.25, 0.3) is 55.0 Å². The van der Waals surface area contributed by atoms with Crippen molar-refractivity contribution in [1.82, 2.24) is 0 Å². The standard InChI is InChI=1S/C72H76N2O2/c1-67(2,3)46-24-29-62(54(38-46)45-20-16-15-17-21-45)74(49-27-31-65-56(41-49)57-43-60-61(44-66(57)76-65)72(13,14)35-34-71(60,11)12)52-37-47(68(4,5)6)36-51(39-52)73(48-26-30-64-55(40-48)53-22-18-19-23-63(53)75-64)50-25-28-58-59(42-50)70(9,10)33-32-69(58,7)8/h15-31,36-44H,32-35H2,1-14H3. The van der Waals surface area contributed by atoms with Crippen molar-refractivity contribution >= 4 is 78.0 Å². The highest BCUT2D eigenvalue weighted by molar-refractivity contribution is 6.08. The summed E-state index contributed by atoms with van der Waals surface area (Å²) in [7, 11) is 0. The van der Waals surface area contributed by atoms with Crippen LogP contribution < -0.4 is 9.80 Å². The monoisotopic (exact) mass is 1000 g/mol. The van der Waals surface area contributed by atoms with Gasteiger partial charge in [0.1, 0.15) is 22.3 Å². The third-order valence-electron chi connectivity index (χ3n) is 17.9. The minimum Gasteiger partial charge on any atom is -0.456 e. The van der Waals surface area contributed by atoms with Crippen LogP contribution in [0.1, 0.15) is 156 Å². The Hall–Kier alpha value is -7.04. The van der Waals surface area contributed by atoms with Crippen molar-refractivity contribution < 1.29 is 8.83 Å². The fraction of sp³-hybridized carbons (Fsp3) is 0.333. The maximum absolute atomic E-state index is 6.87. The first-order valence-electron chi connectivity index (χ1n) is 27.9. The number of nitrogens with zero attached hydrogens (tertiary/aromatic N) is 2. The van der Waals surface area contributed by atoms with E-state index >= 15 is 0 Å². The third kappa shape index (κ3) is 8.42. The van der Waals surface area contributed by atoms with Gasteiger partial charge in [-0.25, -0.2) is 0 Å². The van der Waals surface area contributed by atoms with Crippen LogP contribution in [-0.2, 0) is 32.5 Å². The zero-order valence-electron chi connectivity index (χ0n) is 47.6. The maximum Gasteiger partial charge on any atom is 0.135 e. The molecular weight excluding hydrogens is 925 g/mol. The fourth-order valence-corrected chi connectivity index (χ4v) is 12.7. The molecular formula is C72H76N2O2. The summed E-state index contributed by atoms with van der Waals surface area (Å²) in [6.07, 6.45) is 4.60. The van der Waals surface area contributed by atoms with E-state index in [4.69, 9.17) is 8.83 Å². The molecule has 12 rings (SSSR count). The molecule has 0 atom stereocenters. The molecule has 2 aliphatic carbocycles. The summed E-state index contributed by atoms with van der Waals surface area (Å²) < 4.78 is 13.3. The fourth-order valence-electron chi connectivity index (χ4n) is 12.7. The van der Waals surface area contributed by atoms with Crippen molar-refractivity contribution in [2.45, 2.75) is 155 Å². The SMILES string of the molecule is CC(C)(C)c1cc(N(c2ccc3c(c2)C(C)(C)CCC3(C)C)c2ccc3oc4ccccc4c3c2)cc(N(c2ccc3oc4cc5c(cc4c3c2)C(C)(C)CCC5(C)C)c2ccc(C(C)(C)C)cc2-c2ccccc2)c1. The molecule has 386 valence electrons. The van der Waals surface area contributed by atoms with Gasteiger partial charge in [-0.3, -0.25) is 0 Å². The molecule has 8 aromatic carbocycles. The van der Waals surface area contributed by atoms with Gasteiger partial charge in [0.2, 0.25) is 0 Å². The molecule has 0 amide bonds. The molecule has 0 fully saturated rings. The molecule has 2 heterocycles. The zero-order valence-corrected chi connectivity index (χ0v) is 47.6. The molecule has 0 unspecified atom stereocenters. The van der Waals surface area contributed by atoms with Crippen molar-refractivity contribution in [2.24, 2.45) is 0 Å². The average Bonchev–Trinajstić information content (AvgIpc) is 3.95. The Balaban J connectivity index is 1.15. The predicted octanol–water partition coefficient (Wildman–Crippen LogP) is 21.4. The first-order chi connectivity index (χ1) is 35.9. The molecule has 0 spiro atoms. The van der Waals surface area contributed by atoms with Gasteiger partial charge in [-0.15, -0.1) is 0 Å². The summed E-state index contributed by atoms with van der Waals surface area (Å²) in [4.78, 5) is 5.04. The summed E-state index contributed by atoms with van der Waals surface area (Å²) >= 11 is 0. The smallest absolute Gasteiger partial charge is 0.135 e. The van der Waals surface area contributed by atoms with Gasteiger partial charge in [0.25, 0.3) is 0 Å². The van der Waals surface area contributed by atoms with E-state index in [1.807, 2.05) is 0 Å². The number of fused-ring (bicyclic) bond motifs is 8. The van der Waals surface area contributed by atoms with Crippen LogP contribution in [-0.4, -0.2) is 0 Å². The van der Waals surface area contributed by atoms with Gasteiger partial charge in [-0.05, 0) is 194 Å². The van der Waals surface area contributed by atoms with Gasteiger partial charge >= 0.3 is 0 Å². The Bertz CT molecular complexity index is 3920. The Morgan fingerprint density at radius 2 is 0.816 bits per heavy atom. The van der Waals surface area contributed by atoms with E-state index in [1.54, 1.807) is 0 Å². The van der Waals surface area contributed by atoms with Crippen LogP contribution in [0.3, 0.4) is 0 Å². The van der Waals surface area contributed by atoms with Crippen LogP contribution in [0.4, 0.5) is 34.1 Å². The minimum atomic E-state index is -0.211. The third-order valence-corrected chi connectivity index (χ3v) is 17.9. The van der Waals surface area contributed by atoms with E-state index in [9.17, 15) is 0 Å². The van der Waals surface area contributed by atoms with E-state index in [1.165, 1.54) is 49.9 Å². The van der Waals surface area contributed by atoms with Gasteiger partial charge in [-0.2, -0.15) is 0 Å². The van der Waals surface area contributed by atoms with Crippen LogP contribution in [0.5, 0.6) is 0 Å². The molecule has 76 heavy (non-hydrogen) atoms.